The van der Waals surface area contributed by atoms with E-state index in [1.807, 2.05) is 48.7 Å². The van der Waals surface area contributed by atoms with E-state index < -0.39 is 11.9 Å². The molecule has 1 aliphatic carbocycles. The quantitative estimate of drug-likeness (QED) is 0.0653. The maximum absolute atomic E-state index is 14.1. The number of para-hydroxylation sites is 1. The monoisotopic (exact) mass is 683 g/mol. The molecular weight excluding hydrogens is 647 g/mol. The molecule has 0 radical (unpaired) electrons. The van der Waals surface area contributed by atoms with Crippen molar-refractivity contribution in [3.63, 3.8) is 0 Å². The van der Waals surface area contributed by atoms with E-state index in [1.165, 1.54) is 22.7 Å². The smallest absolute Gasteiger partial charge is 0.338 e. The molecule has 9 nitrogen and oxygen atoms in total. The van der Waals surface area contributed by atoms with Crippen molar-refractivity contribution in [1.82, 2.24) is 14.1 Å². The lowest BCUT2D eigenvalue weighted by Crippen LogP contribution is -2.23. The number of carbonyl (C=O) groups excluding carboxylic acids is 3. The Morgan fingerprint density at radius 1 is 0.938 bits per heavy atom. The molecule has 0 amide bonds. The second kappa shape index (κ2) is 13.9. The largest absolute Gasteiger partial charge is 0.462 e. The Morgan fingerprint density at radius 2 is 1.60 bits per heavy atom. The molecule has 11 heteroatoms. The first-order valence-electron chi connectivity index (χ1n) is 16.1. The Kier molecular flexibility index (Phi) is 9.70. The van der Waals surface area contributed by atoms with Crippen LogP contribution in [0.5, 0.6) is 0 Å². The van der Waals surface area contributed by atoms with Crippen LogP contribution in [0.3, 0.4) is 0 Å². The molecule has 48 heavy (non-hydrogen) atoms. The number of hydrogen-bond donors (Lipinski definition) is 0. The number of thiophene rings is 1. The number of thioether (sulfide) groups is 1. The van der Waals surface area contributed by atoms with E-state index >= 15 is 0 Å². The van der Waals surface area contributed by atoms with Gasteiger partial charge in [-0.25, -0.2) is 14.6 Å². The second-order valence-electron chi connectivity index (χ2n) is 11.9. The second-order valence-corrected chi connectivity index (χ2v) is 14.0. The van der Waals surface area contributed by atoms with Crippen molar-refractivity contribution in [2.24, 2.45) is 5.92 Å². The van der Waals surface area contributed by atoms with Crippen LogP contribution in [0, 0.1) is 19.8 Å². The molecule has 248 valence electrons. The van der Waals surface area contributed by atoms with E-state index in [2.05, 4.69) is 6.92 Å². The van der Waals surface area contributed by atoms with Crippen LogP contribution in [0.25, 0.3) is 21.6 Å². The maximum atomic E-state index is 14.1. The number of aromatic nitrogens is 3. The Balaban J connectivity index is 1.36. The summed E-state index contributed by atoms with van der Waals surface area (Å²) < 4.78 is 13.9. The molecule has 6 rings (SSSR count). The van der Waals surface area contributed by atoms with Gasteiger partial charge in [0.05, 0.1) is 41.2 Å². The predicted molar refractivity (Wildman–Crippen MR) is 189 cm³/mol. The van der Waals surface area contributed by atoms with E-state index in [9.17, 15) is 19.2 Å². The fourth-order valence-corrected chi connectivity index (χ4v) is 8.65. The van der Waals surface area contributed by atoms with Gasteiger partial charge in [-0.1, -0.05) is 36.9 Å². The van der Waals surface area contributed by atoms with Gasteiger partial charge in [-0.2, -0.15) is 0 Å². The average molecular weight is 684 g/mol. The SMILES string of the molecule is CCOC(=O)c1cc(C(=O)OCC)cc(-n2c(C)cc(C(=O)CSc3nc4sc5c(c4c(=O)n3-c3ccccc3)CC[C@@H](C)C5)c2C)c1. The summed E-state index contributed by atoms with van der Waals surface area (Å²) in [5.41, 5.74) is 4.55. The van der Waals surface area contributed by atoms with Gasteiger partial charge in [-0.05, 0) is 94.8 Å². The van der Waals surface area contributed by atoms with Crippen LogP contribution in [0.15, 0.2) is 64.5 Å². The van der Waals surface area contributed by atoms with Gasteiger partial charge in [0.15, 0.2) is 10.9 Å². The highest BCUT2D eigenvalue weighted by Gasteiger charge is 2.26. The minimum absolute atomic E-state index is 0.0497. The third-order valence-electron chi connectivity index (χ3n) is 8.58. The number of rotatable bonds is 10. The molecule has 3 aromatic heterocycles. The summed E-state index contributed by atoms with van der Waals surface area (Å²) in [6, 6.07) is 16.0. The van der Waals surface area contributed by atoms with E-state index in [4.69, 9.17) is 14.5 Å². The number of ketones is 1. The Hall–Kier alpha value is -4.48. The molecule has 2 aromatic carbocycles. The minimum atomic E-state index is -0.560. The zero-order chi connectivity index (χ0) is 34.1. The first kappa shape index (κ1) is 33.4. The molecule has 0 unspecified atom stereocenters. The summed E-state index contributed by atoms with van der Waals surface area (Å²) in [5.74, 6) is -0.643. The maximum Gasteiger partial charge on any atom is 0.338 e. The van der Waals surface area contributed by atoms with Gasteiger partial charge in [0, 0.05) is 27.5 Å². The van der Waals surface area contributed by atoms with Crippen LogP contribution >= 0.6 is 23.1 Å². The number of Topliss-reactive ketones (excluding diaryl/α,β-unsaturated/α-hetero) is 1. The van der Waals surface area contributed by atoms with Crippen molar-refractivity contribution < 1.29 is 23.9 Å². The molecule has 3 heterocycles. The number of aryl methyl sites for hydroxylation is 2. The van der Waals surface area contributed by atoms with Crippen LogP contribution in [0.2, 0.25) is 0 Å². The van der Waals surface area contributed by atoms with Crippen LogP contribution in [-0.4, -0.2) is 50.8 Å². The van der Waals surface area contributed by atoms with Crippen LogP contribution < -0.4 is 5.56 Å². The van der Waals surface area contributed by atoms with E-state index in [-0.39, 0.29) is 41.4 Å². The molecule has 0 saturated heterocycles. The minimum Gasteiger partial charge on any atom is -0.462 e. The van der Waals surface area contributed by atoms with Crippen molar-refractivity contribution in [3.05, 3.63) is 103 Å². The highest BCUT2D eigenvalue weighted by Crippen LogP contribution is 2.37. The number of ether oxygens (including phenoxy) is 2. The summed E-state index contributed by atoms with van der Waals surface area (Å²) in [7, 11) is 0. The summed E-state index contributed by atoms with van der Waals surface area (Å²) in [6.07, 6.45) is 2.86. The molecule has 0 fully saturated rings. The Labute approximate surface area is 286 Å². The number of carbonyl (C=O) groups is 3. The average Bonchev–Trinajstić information content (AvgIpc) is 3.59. The molecule has 1 atom stereocenters. The summed E-state index contributed by atoms with van der Waals surface area (Å²) in [5, 5.41) is 1.16. The zero-order valence-corrected chi connectivity index (χ0v) is 29.3. The normalized spacial score (nSPS) is 14.1. The summed E-state index contributed by atoms with van der Waals surface area (Å²) in [4.78, 5) is 60.3. The summed E-state index contributed by atoms with van der Waals surface area (Å²) >= 11 is 2.83. The summed E-state index contributed by atoms with van der Waals surface area (Å²) in [6.45, 7) is 9.72. The zero-order valence-electron chi connectivity index (χ0n) is 27.6. The van der Waals surface area contributed by atoms with Crippen molar-refractivity contribution in [1.29, 1.82) is 0 Å². The van der Waals surface area contributed by atoms with Gasteiger partial charge >= 0.3 is 11.9 Å². The molecule has 0 N–H and O–H groups in total. The number of esters is 2. The van der Waals surface area contributed by atoms with Gasteiger partial charge in [0.25, 0.3) is 5.56 Å². The van der Waals surface area contributed by atoms with Crippen molar-refractivity contribution in [2.75, 3.05) is 19.0 Å². The fraction of sp³-hybridized carbons (Fsp3) is 0.324. The van der Waals surface area contributed by atoms with Gasteiger partial charge in [-0.3, -0.25) is 14.2 Å². The lowest BCUT2D eigenvalue weighted by molar-refractivity contribution is 0.0524. The molecule has 0 spiro atoms. The Morgan fingerprint density at radius 3 is 2.25 bits per heavy atom. The lowest BCUT2D eigenvalue weighted by Gasteiger charge is -2.17. The first-order chi connectivity index (χ1) is 23.1. The topological polar surface area (TPSA) is 109 Å². The first-order valence-corrected chi connectivity index (χ1v) is 17.9. The van der Waals surface area contributed by atoms with E-state index in [0.29, 0.717) is 39.1 Å². The number of hydrogen-bond acceptors (Lipinski definition) is 9. The van der Waals surface area contributed by atoms with E-state index in [0.717, 1.165) is 35.4 Å². The number of nitrogens with zero attached hydrogens (tertiary/aromatic N) is 3. The van der Waals surface area contributed by atoms with Gasteiger partial charge in [-0.15, -0.1) is 11.3 Å². The van der Waals surface area contributed by atoms with Crippen molar-refractivity contribution in [2.45, 2.75) is 59.0 Å². The van der Waals surface area contributed by atoms with Crippen molar-refractivity contribution >= 4 is 51.0 Å². The molecule has 1 aliphatic rings. The third-order valence-corrected chi connectivity index (χ3v) is 10.7. The number of benzene rings is 2. The molecule has 5 aromatic rings. The van der Waals surface area contributed by atoms with Gasteiger partial charge in [0.2, 0.25) is 0 Å². The predicted octanol–water partition coefficient (Wildman–Crippen LogP) is 7.31. The Bertz CT molecular complexity index is 2070. The van der Waals surface area contributed by atoms with Crippen LogP contribution in [0.4, 0.5) is 0 Å². The molecule has 0 aliphatic heterocycles. The third kappa shape index (κ3) is 6.36. The molecular formula is C37H37N3O6S2. The van der Waals surface area contributed by atoms with Gasteiger partial charge < -0.3 is 14.0 Å². The number of fused-ring (bicyclic) bond motifs is 3. The molecule has 0 bridgehead atoms. The van der Waals surface area contributed by atoms with Crippen LogP contribution in [-0.2, 0) is 22.3 Å². The highest BCUT2D eigenvalue weighted by atomic mass is 32.2. The van der Waals surface area contributed by atoms with Crippen LogP contribution in [0.1, 0.15) is 80.1 Å². The standard InChI is InChI=1S/C37H37N3O6S2/c1-6-45-35(43)24-17-25(36(44)46-7-2)19-27(18-24)39-22(4)16-29(23(39)5)30(41)20-47-37-38-33-32(28-14-13-21(3)15-31(28)48-33)34(42)40(37)26-11-9-8-10-12-26/h8-12,16-19,21H,6-7,13-15,20H2,1-5H3/t21-/m1/s1. The van der Waals surface area contributed by atoms with Gasteiger partial charge in [0.1, 0.15) is 4.83 Å². The fourth-order valence-electron chi connectivity index (χ4n) is 6.33. The molecule has 0 saturated carbocycles. The van der Waals surface area contributed by atoms with E-state index in [1.54, 1.807) is 48.0 Å². The highest BCUT2D eigenvalue weighted by molar-refractivity contribution is 7.99. The van der Waals surface area contributed by atoms with Crippen molar-refractivity contribution in [3.8, 4) is 11.4 Å². The lowest BCUT2D eigenvalue weighted by atomic mass is 9.89.